The Hall–Kier alpha value is -2.99. The van der Waals surface area contributed by atoms with Crippen molar-refractivity contribution in [3.63, 3.8) is 0 Å². The highest BCUT2D eigenvalue weighted by Gasteiger charge is 2.19. The van der Waals surface area contributed by atoms with Crippen LogP contribution in [-0.2, 0) is 4.79 Å². The molecular formula is C22H24N4O2. The van der Waals surface area contributed by atoms with Crippen LogP contribution in [0.25, 0.3) is 22.2 Å². The van der Waals surface area contributed by atoms with Gasteiger partial charge in [-0.25, -0.2) is 4.98 Å². The number of benzene rings is 1. The standard InChI is InChI=1S/C22H24N4O2/c1-16(27)15-28-19-7-5-17(6-8-19)20-14-18-4-3-9-23-21(18)22(24-20)26-12-10-25(2)11-13-26/h3-9,14H,10-13,15H2,1-2H3. The van der Waals surface area contributed by atoms with Crippen molar-refractivity contribution in [2.24, 2.45) is 0 Å². The van der Waals surface area contributed by atoms with E-state index in [4.69, 9.17) is 9.72 Å². The Kier molecular flexibility index (Phi) is 5.21. The van der Waals surface area contributed by atoms with E-state index < -0.39 is 0 Å². The van der Waals surface area contributed by atoms with E-state index in [0.717, 1.165) is 54.2 Å². The van der Waals surface area contributed by atoms with Crippen LogP contribution >= 0.6 is 0 Å². The molecule has 4 rings (SSSR count). The number of nitrogens with zero attached hydrogens (tertiary/aromatic N) is 4. The third-order valence-electron chi connectivity index (χ3n) is 4.96. The summed E-state index contributed by atoms with van der Waals surface area (Å²) < 4.78 is 5.46. The van der Waals surface area contributed by atoms with Gasteiger partial charge in [0, 0.05) is 43.3 Å². The number of likely N-dealkylation sites (N-methyl/N-ethyl adjacent to an activating group) is 1. The van der Waals surface area contributed by atoms with Gasteiger partial charge in [0.15, 0.2) is 11.6 Å². The second kappa shape index (κ2) is 7.94. The molecule has 1 aromatic carbocycles. The Bertz CT molecular complexity index is 979. The summed E-state index contributed by atoms with van der Waals surface area (Å²) in [5.74, 6) is 1.63. The minimum Gasteiger partial charge on any atom is -0.486 e. The number of hydrogen-bond acceptors (Lipinski definition) is 6. The van der Waals surface area contributed by atoms with Gasteiger partial charge in [-0.05, 0) is 50.4 Å². The second-order valence-corrected chi connectivity index (χ2v) is 7.21. The van der Waals surface area contributed by atoms with E-state index in [1.807, 2.05) is 36.5 Å². The number of fused-ring (bicyclic) bond motifs is 1. The largest absolute Gasteiger partial charge is 0.486 e. The summed E-state index contributed by atoms with van der Waals surface area (Å²) in [6.07, 6.45) is 1.82. The predicted molar refractivity (Wildman–Crippen MR) is 111 cm³/mol. The lowest BCUT2D eigenvalue weighted by atomic mass is 10.1. The third-order valence-corrected chi connectivity index (χ3v) is 4.96. The van der Waals surface area contributed by atoms with E-state index in [1.165, 1.54) is 6.92 Å². The van der Waals surface area contributed by atoms with Gasteiger partial charge >= 0.3 is 0 Å². The Morgan fingerprint density at radius 2 is 1.86 bits per heavy atom. The number of piperazine rings is 1. The molecule has 28 heavy (non-hydrogen) atoms. The number of ketones is 1. The van der Waals surface area contributed by atoms with Gasteiger partial charge in [0.25, 0.3) is 0 Å². The van der Waals surface area contributed by atoms with E-state index in [1.54, 1.807) is 0 Å². The van der Waals surface area contributed by atoms with Crippen LogP contribution in [0.2, 0.25) is 0 Å². The highest BCUT2D eigenvalue weighted by Crippen LogP contribution is 2.30. The van der Waals surface area contributed by atoms with Crippen LogP contribution in [0.5, 0.6) is 5.75 Å². The molecule has 0 aliphatic carbocycles. The lowest BCUT2D eigenvalue weighted by Gasteiger charge is -2.33. The molecule has 0 N–H and O–H groups in total. The molecule has 6 nitrogen and oxygen atoms in total. The zero-order valence-corrected chi connectivity index (χ0v) is 16.3. The molecule has 0 saturated carbocycles. The number of carbonyl (C=O) groups excluding carboxylic acids is 1. The zero-order valence-electron chi connectivity index (χ0n) is 16.3. The van der Waals surface area contributed by atoms with E-state index in [0.29, 0.717) is 5.75 Å². The zero-order chi connectivity index (χ0) is 19.5. The van der Waals surface area contributed by atoms with Gasteiger partial charge in [0.05, 0.1) is 5.69 Å². The van der Waals surface area contributed by atoms with Crippen LogP contribution in [0.3, 0.4) is 0 Å². The van der Waals surface area contributed by atoms with Crippen LogP contribution in [0.1, 0.15) is 6.92 Å². The Morgan fingerprint density at radius 1 is 1.11 bits per heavy atom. The van der Waals surface area contributed by atoms with Gasteiger partial charge < -0.3 is 14.5 Å². The molecule has 0 unspecified atom stereocenters. The quantitative estimate of drug-likeness (QED) is 0.682. The highest BCUT2D eigenvalue weighted by atomic mass is 16.5. The summed E-state index contributed by atoms with van der Waals surface area (Å²) in [5, 5.41) is 1.08. The van der Waals surface area contributed by atoms with E-state index in [2.05, 4.69) is 34.0 Å². The van der Waals surface area contributed by atoms with Crippen molar-refractivity contribution in [2.75, 3.05) is 44.7 Å². The number of rotatable bonds is 5. The van der Waals surface area contributed by atoms with E-state index >= 15 is 0 Å². The molecule has 0 bridgehead atoms. The lowest BCUT2D eigenvalue weighted by Crippen LogP contribution is -2.45. The first kappa shape index (κ1) is 18.4. The number of carbonyl (C=O) groups is 1. The molecule has 3 heterocycles. The lowest BCUT2D eigenvalue weighted by molar-refractivity contribution is -0.118. The minimum atomic E-state index is 0.00425. The average Bonchev–Trinajstić information content (AvgIpc) is 2.72. The molecule has 0 radical (unpaired) electrons. The van der Waals surface area contributed by atoms with Crippen molar-refractivity contribution in [3.05, 3.63) is 48.7 Å². The van der Waals surface area contributed by atoms with Crippen molar-refractivity contribution < 1.29 is 9.53 Å². The second-order valence-electron chi connectivity index (χ2n) is 7.21. The molecule has 1 saturated heterocycles. The van der Waals surface area contributed by atoms with Crippen molar-refractivity contribution in [1.82, 2.24) is 14.9 Å². The molecule has 0 spiro atoms. The summed E-state index contributed by atoms with van der Waals surface area (Å²) in [6, 6.07) is 13.8. The SMILES string of the molecule is CC(=O)COc1ccc(-c2cc3cccnc3c(N3CCN(C)CC3)n2)cc1. The van der Waals surface area contributed by atoms with Gasteiger partial charge in [-0.15, -0.1) is 0 Å². The van der Waals surface area contributed by atoms with Crippen molar-refractivity contribution in [3.8, 4) is 17.0 Å². The maximum Gasteiger partial charge on any atom is 0.167 e. The van der Waals surface area contributed by atoms with Crippen molar-refractivity contribution in [1.29, 1.82) is 0 Å². The first-order chi connectivity index (χ1) is 13.6. The fourth-order valence-electron chi connectivity index (χ4n) is 3.36. The van der Waals surface area contributed by atoms with E-state index in [-0.39, 0.29) is 12.4 Å². The molecule has 1 aliphatic rings. The van der Waals surface area contributed by atoms with Crippen LogP contribution < -0.4 is 9.64 Å². The summed E-state index contributed by atoms with van der Waals surface area (Å²) >= 11 is 0. The number of anilines is 1. The smallest absolute Gasteiger partial charge is 0.167 e. The summed E-state index contributed by atoms with van der Waals surface area (Å²) in [4.78, 5) is 25.3. The Labute approximate surface area is 164 Å². The van der Waals surface area contributed by atoms with Crippen molar-refractivity contribution in [2.45, 2.75) is 6.92 Å². The number of hydrogen-bond donors (Lipinski definition) is 0. The number of Topliss-reactive ketones (excluding diaryl/α,β-unsaturated/α-hetero) is 1. The first-order valence-corrected chi connectivity index (χ1v) is 9.52. The number of ether oxygens (including phenoxy) is 1. The first-order valence-electron chi connectivity index (χ1n) is 9.52. The fourth-order valence-corrected chi connectivity index (χ4v) is 3.36. The number of pyridine rings is 2. The predicted octanol–water partition coefficient (Wildman–Crippen LogP) is 3.02. The van der Waals surface area contributed by atoms with Crippen LogP contribution in [0.15, 0.2) is 48.7 Å². The van der Waals surface area contributed by atoms with Crippen LogP contribution in [0, 0.1) is 0 Å². The Morgan fingerprint density at radius 3 is 2.57 bits per heavy atom. The topological polar surface area (TPSA) is 58.6 Å². The average molecular weight is 376 g/mol. The maximum atomic E-state index is 11.1. The fraction of sp³-hybridized carbons (Fsp3) is 0.318. The Balaban J connectivity index is 1.68. The van der Waals surface area contributed by atoms with Gasteiger partial charge in [0.1, 0.15) is 17.9 Å². The molecule has 2 aromatic heterocycles. The van der Waals surface area contributed by atoms with E-state index in [9.17, 15) is 4.79 Å². The summed E-state index contributed by atoms with van der Waals surface area (Å²) in [7, 11) is 2.15. The molecule has 1 fully saturated rings. The maximum absolute atomic E-state index is 11.1. The van der Waals surface area contributed by atoms with Crippen LogP contribution in [0.4, 0.5) is 5.82 Å². The molecule has 1 aliphatic heterocycles. The molecule has 6 heteroatoms. The third kappa shape index (κ3) is 3.97. The minimum absolute atomic E-state index is 0.00425. The van der Waals surface area contributed by atoms with Crippen molar-refractivity contribution >= 4 is 22.5 Å². The molecular weight excluding hydrogens is 352 g/mol. The monoisotopic (exact) mass is 376 g/mol. The van der Waals surface area contributed by atoms with Gasteiger partial charge in [0.2, 0.25) is 0 Å². The summed E-state index contributed by atoms with van der Waals surface area (Å²) in [5.41, 5.74) is 2.86. The van der Waals surface area contributed by atoms with Gasteiger partial charge in [-0.2, -0.15) is 0 Å². The normalized spacial score (nSPS) is 15.0. The van der Waals surface area contributed by atoms with Crippen LogP contribution in [-0.4, -0.2) is 60.5 Å². The summed E-state index contributed by atoms with van der Waals surface area (Å²) in [6.45, 7) is 5.52. The molecule has 144 valence electrons. The molecule has 0 atom stereocenters. The van der Waals surface area contributed by atoms with Gasteiger partial charge in [-0.1, -0.05) is 6.07 Å². The number of aromatic nitrogens is 2. The molecule has 0 amide bonds. The molecule has 3 aromatic rings. The highest BCUT2D eigenvalue weighted by molar-refractivity contribution is 5.91. The van der Waals surface area contributed by atoms with Gasteiger partial charge in [-0.3, -0.25) is 9.78 Å².